The van der Waals surface area contributed by atoms with Gasteiger partial charge in [0.1, 0.15) is 0 Å². The molecule has 2 heterocycles. The summed E-state index contributed by atoms with van der Waals surface area (Å²) in [4.78, 5) is 0. The van der Waals surface area contributed by atoms with Crippen LogP contribution in [0, 0.1) is 11.8 Å². The second-order valence-corrected chi connectivity index (χ2v) is 8.35. The Morgan fingerprint density at radius 3 is 1.77 bits per heavy atom. The molecule has 0 aromatic rings. The lowest BCUT2D eigenvalue weighted by Gasteiger charge is -2.26. The van der Waals surface area contributed by atoms with Crippen molar-refractivity contribution in [2.24, 2.45) is 11.8 Å². The first-order valence-corrected chi connectivity index (χ1v) is 9.06. The van der Waals surface area contributed by atoms with E-state index in [2.05, 4.69) is 13.8 Å². The average Bonchev–Trinajstić information content (AvgIpc) is 3.35. The van der Waals surface area contributed by atoms with Gasteiger partial charge in [0.05, 0.1) is 36.6 Å². The van der Waals surface area contributed by atoms with E-state index in [4.69, 9.17) is 18.9 Å². The Kier molecular flexibility index (Phi) is 3.80. The van der Waals surface area contributed by atoms with E-state index in [1.54, 1.807) is 0 Å². The van der Waals surface area contributed by atoms with Crippen LogP contribution in [0.2, 0.25) is 0 Å². The van der Waals surface area contributed by atoms with Crippen molar-refractivity contribution >= 4 is 0 Å². The quantitative estimate of drug-likeness (QED) is 0.558. The maximum Gasteiger partial charge on any atom is 0.154 e. The van der Waals surface area contributed by atoms with E-state index in [1.807, 2.05) is 6.92 Å². The van der Waals surface area contributed by atoms with Gasteiger partial charge in [0.2, 0.25) is 0 Å². The summed E-state index contributed by atoms with van der Waals surface area (Å²) in [7, 11) is 0. The van der Waals surface area contributed by atoms with Crippen molar-refractivity contribution in [1.82, 2.24) is 0 Å². The second-order valence-electron chi connectivity index (χ2n) is 8.35. The lowest BCUT2D eigenvalue weighted by Crippen LogP contribution is -2.28. The average molecular weight is 310 g/mol. The summed E-state index contributed by atoms with van der Waals surface area (Å²) in [6.45, 7) is 8.12. The molecule has 6 unspecified atom stereocenters. The van der Waals surface area contributed by atoms with Gasteiger partial charge in [-0.2, -0.15) is 0 Å². The molecule has 2 aliphatic carbocycles. The lowest BCUT2D eigenvalue weighted by atomic mass is 9.83. The number of rotatable bonds is 6. The molecule has 126 valence electrons. The van der Waals surface area contributed by atoms with E-state index < -0.39 is 0 Å². The third kappa shape index (κ3) is 3.08. The van der Waals surface area contributed by atoms with Gasteiger partial charge in [-0.3, -0.25) is 0 Å². The van der Waals surface area contributed by atoms with Gasteiger partial charge in [-0.25, -0.2) is 0 Å². The Morgan fingerprint density at radius 2 is 1.36 bits per heavy atom. The summed E-state index contributed by atoms with van der Waals surface area (Å²) in [6, 6.07) is 0. The summed E-state index contributed by atoms with van der Waals surface area (Å²) in [6.07, 6.45) is 8.00. The first kappa shape index (κ1) is 15.4. The van der Waals surface area contributed by atoms with Crippen LogP contribution in [-0.4, -0.2) is 42.9 Å². The molecular weight excluding hydrogens is 280 g/mol. The normalized spacial score (nSPS) is 50.9. The van der Waals surface area contributed by atoms with Crippen LogP contribution < -0.4 is 0 Å². The topological polar surface area (TPSA) is 43.5 Å². The molecule has 0 N–H and O–H groups in total. The van der Waals surface area contributed by atoms with Crippen molar-refractivity contribution in [3.8, 4) is 0 Å². The number of hydrogen-bond acceptors (Lipinski definition) is 4. The Labute approximate surface area is 133 Å². The summed E-state index contributed by atoms with van der Waals surface area (Å²) in [5.74, 6) is 1.28. The largest absolute Gasteiger partial charge is 0.366 e. The summed E-state index contributed by atoms with van der Waals surface area (Å²) in [5.41, 5.74) is 0.415. The predicted octanol–water partition coefficient (Wildman–Crippen LogP) is 3.28. The van der Waals surface area contributed by atoms with Gasteiger partial charge in [-0.05, 0) is 71.1 Å². The fourth-order valence-electron chi connectivity index (χ4n) is 4.33. The van der Waals surface area contributed by atoms with Gasteiger partial charge in [-0.15, -0.1) is 0 Å². The number of hydrogen-bond donors (Lipinski definition) is 0. The maximum atomic E-state index is 5.92. The first-order chi connectivity index (χ1) is 10.5. The second kappa shape index (κ2) is 5.44. The van der Waals surface area contributed by atoms with E-state index in [9.17, 15) is 0 Å². The molecule has 2 saturated heterocycles. The van der Waals surface area contributed by atoms with Crippen molar-refractivity contribution in [2.75, 3.05) is 13.2 Å². The summed E-state index contributed by atoms with van der Waals surface area (Å²) < 4.78 is 23.3. The molecule has 4 rings (SSSR count). The van der Waals surface area contributed by atoms with Gasteiger partial charge in [0.15, 0.2) is 6.29 Å². The van der Waals surface area contributed by atoms with E-state index in [0.717, 1.165) is 26.1 Å². The zero-order chi connectivity index (χ0) is 15.4. The number of epoxide rings is 2. The number of ether oxygens (including phenoxy) is 4. The Balaban J connectivity index is 1.11. The van der Waals surface area contributed by atoms with Gasteiger partial charge in [0.25, 0.3) is 0 Å². The third-order valence-corrected chi connectivity index (χ3v) is 6.40. The minimum absolute atomic E-state index is 0.0955. The van der Waals surface area contributed by atoms with E-state index >= 15 is 0 Å². The monoisotopic (exact) mass is 310 g/mol. The van der Waals surface area contributed by atoms with Crippen LogP contribution in [0.3, 0.4) is 0 Å². The molecule has 4 nitrogen and oxygen atoms in total. The SMILES string of the molecule is CC(OCC1CCC2(C)OC2C1)OCC1CCC2(C)OC2C1. The lowest BCUT2D eigenvalue weighted by molar-refractivity contribution is -0.148. The highest BCUT2D eigenvalue weighted by Crippen LogP contribution is 2.50. The van der Waals surface area contributed by atoms with E-state index in [0.29, 0.717) is 24.0 Å². The van der Waals surface area contributed by atoms with Crippen molar-refractivity contribution in [3.63, 3.8) is 0 Å². The smallest absolute Gasteiger partial charge is 0.154 e. The zero-order valence-corrected chi connectivity index (χ0v) is 14.2. The zero-order valence-electron chi connectivity index (χ0n) is 14.2. The molecule has 4 heteroatoms. The van der Waals surface area contributed by atoms with Crippen LogP contribution in [0.25, 0.3) is 0 Å². The molecule has 0 amide bonds. The third-order valence-electron chi connectivity index (χ3n) is 6.40. The van der Waals surface area contributed by atoms with Gasteiger partial charge in [-0.1, -0.05) is 0 Å². The van der Waals surface area contributed by atoms with Crippen LogP contribution in [0.1, 0.15) is 59.3 Å². The van der Waals surface area contributed by atoms with Crippen molar-refractivity contribution in [3.05, 3.63) is 0 Å². The molecule has 0 bridgehead atoms. The van der Waals surface area contributed by atoms with Gasteiger partial charge in [0, 0.05) is 0 Å². The first-order valence-electron chi connectivity index (χ1n) is 9.06. The highest BCUT2D eigenvalue weighted by molar-refractivity contribution is 5.04. The highest BCUT2D eigenvalue weighted by Gasteiger charge is 2.56. The minimum atomic E-state index is -0.0955. The van der Waals surface area contributed by atoms with E-state index in [-0.39, 0.29) is 17.5 Å². The van der Waals surface area contributed by atoms with Crippen LogP contribution in [0.15, 0.2) is 0 Å². The fourth-order valence-corrected chi connectivity index (χ4v) is 4.33. The van der Waals surface area contributed by atoms with Gasteiger partial charge < -0.3 is 18.9 Å². The van der Waals surface area contributed by atoms with Crippen LogP contribution in [-0.2, 0) is 18.9 Å². The molecule has 2 aliphatic heterocycles. The van der Waals surface area contributed by atoms with Crippen molar-refractivity contribution in [2.45, 2.75) is 89.0 Å². The molecule has 0 aromatic carbocycles. The molecule has 2 saturated carbocycles. The molecule has 0 spiro atoms. The summed E-state index contributed by atoms with van der Waals surface area (Å²) >= 11 is 0. The summed E-state index contributed by atoms with van der Waals surface area (Å²) in [5, 5.41) is 0. The maximum absolute atomic E-state index is 5.92. The fraction of sp³-hybridized carbons (Fsp3) is 1.00. The molecule has 0 aromatic heterocycles. The highest BCUT2D eigenvalue weighted by atomic mass is 16.7. The Hall–Kier alpha value is -0.160. The molecular formula is C18H30O4. The van der Waals surface area contributed by atoms with E-state index in [1.165, 1.54) is 25.7 Å². The van der Waals surface area contributed by atoms with Crippen molar-refractivity contribution < 1.29 is 18.9 Å². The Bertz CT molecular complexity index is 389. The molecule has 0 radical (unpaired) electrons. The van der Waals surface area contributed by atoms with Crippen molar-refractivity contribution in [1.29, 1.82) is 0 Å². The minimum Gasteiger partial charge on any atom is -0.366 e. The molecule has 4 aliphatic rings. The standard InChI is InChI=1S/C18H30O4/c1-12(19-10-13-4-6-17(2)15(8-13)21-17)20-11-14-5-7-18(3)16(9-14)22-18/h12-16H,4-11H2,1-3H3. The number of fused-ring (bicyclic) bond motifs is 2. The Morgan fingerprint density at radius 1 is 0.909 bits per heavy atom. The molecule has 22 heavy (non-hydrogen) atoms. The van der Waals surface area contributed by atoms with Crippen LogP contribution in [0.5, 0.6) is 0 Å². The molecule has 4 fully saturated rings. The van der Waals surface area contributed by atoms with Crippen LogP contribution in [0.4, 0.5) is 0 Å². The van der Waals surface area contributed by atoms with Crippen LogP contribution >= 0.6 is 0 Å². The predicted molar refractivity (Wildman–Crippen MR) is 82.6 cm³/mol. The van der Waals surface area contributed by atoms with Gasteiger partial charge >= 0.3 is 0 Å². The molecule has 6 atom stereocenters.